The molecule has 0 bridgehead atoms. The van der Waals surface area contributed by atoms with Gasteiger partial charge < -0.3 is 45.8 Å². The summed E-state index contributed by atoms with van der Waals surface area (Å²) >= 11 is 0. The van der Waals surface area contributed by atoms with Gasteiger partial charge in [0.25, 0.3) is 11.8 Å². The highest BCUT2D eigenvalue weighted by molar-refractivity contribution is 7.94. The highest BCUT2D eigenvalue weighted by Gasteiger charge is 2.72. The van der Waals surface area contributed by atoms with Crippen LogP contribution in [0.3, 0.4) is 0 Å². The molecule has 47 heavy (non-hydrogen) atoms. The number of aromatic hydroxyl groups is 2. The summed E-state index contributed by atoms with van der Waals surface area (Å²) in [4.78, 5) is 55.4. The lowest BCUT2D eigenvalue weighted by atomic mass is 9.94. The lowest BCUT2D eigenvalue weighted by molar-refractivity contribution is -0.153. The number of nitrogens with zero attached hydrogens (tertiary/aromatic N) is 2. The number of benzene rings is 1. The average molecular weight is 671 g/mol. The van der Waals surface area contributed by atoms with Crippen molar-refractivity contribution in [1.82, 2.24) is 20.5 Å². The number of fused-ring (bicyclic) bond motifs is 1. The minimum absolute atomic E-state index is 0.0512. The topological polar surface area (TPSA) is 253 Å². The molecule has 17 heteroatoms. The van der Waals surface area contributed by atoms with E-state index in [0.29, 0.717) is 10.5 Å². The van der Waals surface area contributed by atoms with Gasteiger partial charge in [-0.25, -0.2) is 18.0 Å². The number of aliphatic carboxylic acids is 1. The van der Waals surface area contributed by atoms with Crippen molar-refractivity contribution in [2.24, 2.45) is 5.92 Å². The van der Waals surface area contributed by atoms with E-state index in [2.05, 4.69) is 15.6 Å². The Morgan fingerprint density at radius 3 is 2.53 bits per heavy atom. The summed E-state index contributed by atoms with van der Waals surface area (Å²) in [6.07, 6.45) is 4.42. The van der Waals surface area contributed by atoms with E-state index in [1.807, 2.05) is 0 Å². The van der Waals surface area contributed by atoms with Gasteiger partial charge >= 0.3 is 12.1 Å². The van der Waals surface area contributed by atoms with Crippen LogP contribution in [0.4, 0.5) is 4.79 Å². The third-order valence-electron chi connectivity index (χ3n) is 8.15. The van der Waals surface area contributed by atoms with Crippen LogP contribution in [-0.2, 0) is 30.7 Å². The Hall–Kier alpha value is -5.58. The number of aliphatic hydroxyl groups is 2. The lowest BCUT2D eigenvalue weighted by Crippen LogP contribution is -2.59. The first-order valence-electron chi connectivity index (χ1n) is 14.1. The number of nitrogens with one attached hydrogen (secondary N) is 2. The molecule has 2 fully saturated rings. The SMILES string of the molecule is C[C@]1(COC(=O)NCc2ccc(O)c(O)c2)[C@H](C(=O)O)N2C(=O)/C(=C/c3cc(C(=O)NCC4C=CC(O)=C(O)C4)ccn3)C2S1(=O)=O. The van der Waals surface area contributed by atoms with Gasteiger partial charge in [0.1, 0.15) is 17.1 Å². The molecule has 7 N–H and O–H groups in total. The molecule has 2 aromatic rings. The zero-order chi connectivity index (χ0) is 34.3. The third kappa shape index (κ3) is 6.04. The number of aliphatic hydroxyl groups excluding tert-OH is 2. The number of carboxylic acid groups (broad SMARTS) is 1. The van der Waals surface area contributed by atoms with Crippen LogP contribution in [0.2, 0.25) is 0 Å². The van der Waals surface area contributed by atoms with Crippen LogP contribution in [0.15, 0.2) is 65.8 Å². The molecule has 0 saturated carbocycles. The number of phenols is 2. The van der Waals surface area contributed by atoms with Crippen molar-refractivity contribution >= 4 is 39.8 Å². The highest BCUT2D eigenvalue weighted by atomic mass is 32.2. The molecule has 248 valence electrons. The number of hydrogen-bond donors (Lipinski definition) is 7. The molecule has 3 aliphatic rings. The zero-order valence-electron chi connectivity index (χ0n) is 24.7. The summed E-state index contributed by atoms with van der Waals surface area (Å²) in [5.41, 5.74) is 0.272. The minimum Gasteiger partial charge on any atom is -0.508 e. The van der Waals surface area contributed by atoms with Gasteiger partial charge in [0.05, 0.1) is 11.3 Å². The Bertz CT molecular complexity index is 1870. The van der Waals surface area contributed by atoms with E-state index in [-0.39, 0.29) is 59.5 Å². The normalized spacial score (nSPS) is 25.2. The monoisotopic (exact) mass is 670 g/mol. The van der Waals surface area contributed by atoms with Gasteiger partial charge in [0, 0.05) is 37.2 Å². The van der Waals surface area contributed by atoms with Gasteiger partial charge in [0.2, 0.25) is 0 Å². The molecule has 5 rings (SSSR count). The Morgan fingerprint density at radius 1 is 1.11 bits per heavy atom. The molecule has 16 nitrogen and oxygen atoms in total. The standard InChI is InChI=1S/C30H30N4O12S/c1-30(14-46-29(43)33-13-16-3-5-21(36)23(38)9-16)24(28(41)42)34-26(40)19(27(34)47(30,44)45)11-18-10-17(6-7-31-18)25(39)32-12-15-2-4-20(35)22(37)8-15/h2-7,9-11,15,24,27,35-38H,8,12-14H2,1H3,(H,32,39)(H,33,43)(H,41,42)/b19-11-/t15?,24-,27?,30-/m0/s1. The summed E-state index contributed by atoms with van der Waals surface area (Å²) in [5.74, 6) is -4.55. The quantitative estimate of drug-likeness (QED) is 0.113. The summed E-state index contributed by atoms with van der Waals surface area (Å²) in [5, 5.41) is 51.5. The Morgan fingerprint density at radius 2 is 1.85 bits per heavy atom. The van der Waals surface area contributed by atoms with Crippen molar-refractivity contribution in [3.8, 4) is 11.5 Å². The third-order valence-corrected chi connectivity index (χ3v) is 10.9. The maximum Gasteiger partial charge on any atom is 0.407 e. The number of ether oxygens (including phenoxy) is 1. The van der Waals surface area contributed by atoms with Crippen molar-refractivity contribution in [2.45, 2.75) is 36.1 Å². The molecule has 1 aliphatic carbocycles. The molecule has 3 heterocycles. The average Bonchev–Trinajstić information content (AvgIpc) is 3.19. The van der Waals surface area contributed by atoms with Crippen LogP contribution < -0.4 is 10.6 Å². The first-order valence-corrected chi connectivity index (χ1v) is 15.6. The fraction of sp³-hybridized carbons (Fsp3) is 0.300. The maximum absolute atomic E-state index is 13.8. The molecule has 1 aromatic heterocycles. The smallest absolute Gasteiger partial charge is 0.407 e. The summed E-state index contributed by atoms with van der Waals surface area (Å²) in [6, 6.07) is 4.61. The Balaban J connectivity index is 1.29. The van der Waals surface area contributed by atoms with E-state index in [0.717, 1.165) is 13.0 Å². The van der Waals surface area contributed by atoms with Crippen molar-refractivity contribution in [3.05, 3.63) is 82.6 Å². The number of pyridine rings is 1. The number of amides is 3. The fourth-order valence-corrected chi connectivity index (χ4v) is 7.82. The van der Waals surface area contributed by atoms with Gasteiger partial charge in [-0.15, -0.1) is 0 Å². The second-order valence-corrected chi connectivity index (χ2v) is 13.8. The molecule has 0 radical (unpaired) electrons. The number of carboxylic acids is 1. The maximum atomic E-state index is 13.8. The van der Waals surface area contributed by atoms with Crippen LogP contribution in [0.1, 0.15) is 35.0 Å². The second-order valence-electron chi connectivity index (χ2n) is 11.4. The molecule has 1 aromatic carbocycles. The molecule has 4 atom stereocenters. The number of hydrogen-bond acceptors (Lipinski definition) is 12. The number of sulfone groups is 1. The summed E-state index contributed by atoms with van der Waals surface area (Å²) in [7, 11) is -4.52. The van der Waals surface area contributed by atoms with Gasteiger partial charge in [0.15, 0.2) is 38.5 Å². The second kappa shape index (κ2) is 12.3. The molecule has 2 aliphatic heterocycles. The number of carbonyl (C=O) groups excluding carboxylic acids is 3. The van der Waals surface area contributed by atoms with Crippen LogP contribution >= 0.6 is 0 Å². The highest BCUT2D eigenvalue weighted by Crippen LogP contribution is 2.49. The summed E-state index contributed by atoms with van der Waals surface area (Å²) < 4.78 is 30.4. The number of allylic oxidation sites excluding steroid dienone is 2. The Kier molecular flexibility index (Phi) is 8.59. The minimum atomic E-state index is -4.52. The van der Waals surface area contributed by atoms with Gasteiger partial charge in [-0.2, -0.15) is 0 Å². The first kappa shape index (κ1) is 32.8. The molecule has 2 saturated heterocycles. The fourth-order valence-electron chi connectivity index (χ4n) is 5.54. The predicted molar refractivity (Wildman–Crippen MR) is 161 cm³/mol. The largest absolute Gasteiger partial charge is 0.508 e. The predicted octanol–water partition coefficient (Wildman–Crippen LogP) is 1.24. The van der Waals surface area contributed by atoms with E-state index >= 15 is 0 Å². The van der Waals surface area contributed by atoms with Gasteiger partial charge in [-0.05, 0) is 48.9 Å². The number of alkyl carbamates (subject to hydrolysis) is 1. The molecular formula is C30H30N4O12S. The van der Waals surface area contributed by atoms with Crippen molar-refractivity contribution in [2.75, 3.05) is 13.2 Å². The number of β-lactam (4-membered cyclic amide) rings is 1. The van der Waals surface area contributed by atoms with E-state index in [1.54, 1.807) is 6.08 Å². The van der Waals surface area contributed by atoms with Crippen molar-refractivity contribution < 1.29 is 57.9 Å². The zero-order valence-corrected chi connectivity index (χ0v) is 25.5. The number of carbonyl (C=O) groups is 4. The van der Waals surface area contributed by atoms with Crippen LogP contribution in [-0.4, -0.2) is 97.0 Å². The van der Waals surface area contributed by atoms with Crippen LogP contribution in [0, 0.1) is 5.92 Å². The van der Waals surface area contributed by atoms with Crippen LogP contribution in [0.5, 0.6) is 11.5 Å². The van der Waals surface area contributed by atoms with E-state index in [9.17, 15) is 53.1 Å². The number of rotatable bonds is 9. The number of phenolic OH excluding ortho intramolecular Hbond substituents is 2. The van der Waals surface area contributed by atoms with E-state index in [4.69, 9.17) is 4.74 Å². The van der Waals surface area contributed by atoms with Gasteiger partial charge in [-0.3, -0.25) is 14.6 Å². The van der Waals surface area contributed by atoms with Crippen molar-refractivity contribution in [1.29, 1.82) is 0 Å². The Labute approximate surface area is 267 Å². The lowest BCUT2D eigenvalue weighted by Gasteiger charge is -2.37. The molecule has 2 unspecified atom stereocenters. The summed E-state index contributed by atoms with van der Waals surface area (Å²) in [6.45, 7) is 0.113. The van der Waals surface area contributed by atoms with Crippen LogP contribution in [0.25, 0.3) is 6.08 Å². The number of aromatic nitrogens is 1. The van der Waals surface area contributed by atoms with E-state index in [1.165, 1.54) is 42.6 Å². The van der Waals surface area contributed by atoms with Gasteiger partial charge in [-0.1, -0.05) is 12.1 Å². The molecular weight excluding hydrogens is 640 g/mol. The first-order chi connectivity index (χ1) is 22.1. The molecule has 3 amide bonds. The molecule has 0 spiro atoms. The van der Waals surface area contributed by atoms with Crippen molar-refractivity contribution in [3.63, 3.8) is 0 Å². The van der Waals surface area contributed by atoms with E-state index < -0.39 is 62.2 Å².